The lowest BCUT2D eigenvalue weighted by atomic mass is 10.2. The van der Waals surface area contributed by atoms with Gasteiger partial charge in [0.25, 0.3) is 0 Å². The molecule has 0 amide bonds. The van der Waals surface area contributed by atoms with Gasteiger partial charge in [-0.25, -0.2) is 4.98 Å². The van der Waals surface area contributed by atoms with Crippen molar-refractivity contribution in [2.75, 3.05) is 0 Å². The molecule has 0 spiro atoms. The summed E-state index contributed by atoms with van der Waals surface area (Å²) < 4.78 is 0. The topological polar surface area (TPSA) is 24.9 Å². The van der Waals surface area contributed by atoms with Gasteiger partial charge in [-0.15, -0.1) is 11.3 Å². The van der Waals surface area contributed by atoms with Gasteiger partial charge in [0.1, 0.15) is 0 Å². The zero-order chi connectivity index (χ0) is 9.80. The van der Waals surface area contributed by atoms with Crippen LogP contribution in [0, 0.1) is 0 Å². The normalized spacial score (nSPS) is 12.9. The zero-order valence-electron chi connectivity index (χ0n) is 7.93. The van der Waals surface area contributed by atoms with Crippen LogP contribution in [0.15, 0.2) is 27.7 Å². The summed E-state index contributed by atoms with van der Waals surface area (Å²) in [5, 5.41) is 9.80. The van der Waals surface area contributed by atoms with Crippen LogP contribution in [0.1, 0.15) is 24.2 Å². The number of nitrogens with one attached hydrogen (secondary N) is 1. The molecule has 74 valence electrons. The second kappa shape index (κ2) is 4.68. The first-order valence-corrected chi connectivity index (χ1v) is 6.37. The van der Waals surface area contributed by atoms with E-state index in [1.165, 1.54) is 5.56 Å². The molecule has 1 N–H and O–H groups in total. The van der Waals surface area contributed by atoms with Crippen LogP contribution in [0.25, 0.3) is 0 Å². The lowest BCUT2D eigenvalue weighted by Gasteiger charge is -2.09. The molecular formula is C10H12N2S2. The van der Waals surface area contributed by atoms with E-state index in [9.17, 15) is 0 Å². The van der Waals surface area contributed by atoms with Crippen molar-refractivity contribution in [1.29, 1.82) is 0 Å². The Morgan fingerprint density at radius 1 is 1.43 bits per heavy atom. The molecule has 2 aromatic heterocycles. The summed E-state index contributed by atoms with van der Waals surface area (Å²) in [5.41, 5.74) is 4.35. The number of hydrogen-bond donors (Lipinski definition) is 1. The standard InChI is InChI=1S/C10H12N2S2/c1-8(10-6-14-7-12-10)11-4-9-2-3-13-5-9/h2-3,5-8,11H,4H2,1H3. The summed E-state index contributed by atoms with van der Waals surface area (Å²) >= 11 is 3.38. The van der Waals surface area contributed by atoms with Gasteiger partial charge in [0.2, 0.25) is 0 Å². The van der Waals surface area contributed by atoms with Gasteiger partial charge in [-0.05, 0) is 29.3 Å². The van der Waals surface area contributed by atoms with E-state index in [-0.39, 0.29) is 0 Å². The Hall–Kier alpha value is -0.710. The molecule has 2 rings (SSSR count). The molecule has 2 aromatic rings. The van der Waals surface area contributed by atoms with E-state index >= 15 is 0 Å². The monoisotopic (exact) mass is 224 g/mol. The molecule has 0 radical (unpaired) electrons. The van der Waals surface area contributed by atoms with Gasteiger partial charge >= 0.3 is 0 Å². The first-order chi connectivity index (χ1) is 6.86. The summed E-state index contributed by atoms with van der Waals surface area (Å²) in [7, 11) is 0. The first-order valence-electron chi connectivity index (χ1n) is 4.49. The van der Waals surface area contributed by atoms with Crippen LogP contribution < -0.4 is 5.32 Å². The Labute approximate surface area is 91.6 Å². The Kier molecular flexibility index (Phi) is 3.29. The largest absolute Gasteiger partial charge is 0.305 e. The number of rotatable bonds is 4. The average molecular weight is 224 g/mol. The Bertz CT molecular complexity index is 353. The summed E-state index contributed by atoms with van der Waals surface area (Å²) in [4.78, 5) is 4.27. The van der Waals surface area contributed by atoms with Crippen molar-refractivity contribution in [2.45, 2.75) is 19.5 Å². The fraction of sp³-hybridized carbons (Fsp3) is 0.300. The highest BCUT2D eigenvalue weighted by Crippen LogP contribution is 2.13. The van der Waals surface area contributed by atoms with Gasteiger partial charge in [-0.3, -0.25) is 0 Å². The van der Waals surface area contributed by atoms with Crippen LogP contribution in [0.3, 0.4) is 0 Å². The fourth-order valence-corrected chi connectivity index (χ4v) is 2.52. The maximum Gasteiger partial charge on any atom is 0.0795 e. The molecular weight excluding hydrogens is 212 g/mol. The molecule has 2 nitrogen and oxygen atoms in total. The molecule has 2 heterocycles. The predicted octanol–water partition coefficient (Wildman–Crippen LogP) is 3.06. The second-order valence-electron chi connectivity index (χ2n) is 3.15. The van der Waals surface area contributed by atoms with Gasteiger partial charge in [0.05, 0.1) is 11.2 Å². The fourth-order valence-electron chi connectivity index (χ4n) is 1.20. The second-order valence-corrected chi connectivity index (χ2v) is 4.65. The quantitative estimate of drug-likeness (QED) is 0.863. The molecule has 4 heteroatoms. The minimum absolute atomic E-state index is 0.334. The highest BCUT2D eigenvalue weighted by Gasteiger charge is 2.05. The van der Waals surface area contributed by atoms with Crippen LogP contribution in [0.5, 0.6) is 0 Å². The Morgan fingerprint density at radius 3 is 3.00 bits per heavy atom. The maximum absolute atomic E-state index is 4.27. The van der Waals surface area contributed by atoms with Crippen molar-refractivity contribution in [1.82, 2.24) is 10.3 Å². The van der Waals surface area contributed by atoms with Gasteiger partial charge in [-0.2, -0.15) is 11.3 Å². The molecule has 0 aliphatic carbocycles. The van der Waals surface area contributed by atoms with Crippen LogP contribution in [0.4, 0.5) is 0 Å². The van der Waals surface area contributed by atoms with Crippen LogP contribution in [0.2, 0.25) is 0 Å². The Balaban J connectivity index is 1.87. The van der Waals surface area contributed by atoms with E-state index in [1.54, 1.807) is 22.7 Å². The van der Waals surface area contributed by atoms with Gasteiger partial charge < -0.3 is 5.32 Å². The average Bonchev–Trinajstić information content (AvgIpc) is 2.87. The number of aromatic nitrogens is 1. The van der Waals surface area contributed by atoms with Crippen molar-refractivity contribution in [3.63, 3.8) is 0 Å². The SMILES string of the molecule is CC(NCc1ccsc1)c1cscn1. The van der Waals surface area contributed by atoms with E-state index in [0.717, 1.165) is 12.2 Å². The Morgan fingerprint density at radius 2 is 2.36 bits per heavy atom. The molecule has 1 atom stereocenters. The van der Waals surface area contributed by atoms with Crippen LogP contribution >= 0.6 is 22.7 Å². The minimum atomic E-state index is 0.334. The predicted molar refractivity (Wildman–Crippen MR) is 61.7 cm³/mol. The van der Waals surface area contributed by atoms with Crippen molar-refractivity contribution in [2.24, 2.45) is 0 Å². The minimum Gasteiger partial charge on any atom is -0.305 e. The van der Waals surface area contributed by atoms with Crippen LogP contribution in [-0.2, 0) is 6.54 Å². The zero-order valence-corrected chi connectivity index (χ0v) is 9.57. The van der Waals surface area contributed by atoms with Crippen molar-refractivity contribution in [3.8, 4) is 0 Å². The smallest absolute Gasteiger partial charge is 0.0795 e. The molecule has 0 fully saturated rings. The number of hydrogen-bond acceptors (Lipinski definition) is 4. The van der Waals surface area contributed by atoms with Crippen LogP contribution in [-0.4, -0.2) is 4.98 Å². The third kappa shape index (κ3) is 2.41. The molecule has 1 unspecified atom stereocenters. The van der Waals surface area contributed by atoms with Gasteiger partial charge in [0, 0.05) is 18.0 Å². The van der Waals surface area contributed by atoms with Gasteiger partial charge in [0.15, 0.2) is 0 Å². The molecule has 0 aliphatic rings. The van der Waals surface area contributed by atoms with E-state index < -0.39 is 0 Å². The van der Waals surface area contributed by atoms with E-state index in [0.29, 0.717) is 6.04 Å². The molecule has 0 aromatic carbocycles. The molecule has 0 saturated heterocycles. The van der Waals surface area contributed by atoms with Crippen molar-refractivity contribution in [3.05, 3.63) is 39.0 Å². The summed E-state index contributed by atoms with van der Waals surface area (Å²) in [6, 6.07) is 2.48. The number of nitrogens with zero attached hydrogens (tertiary/aromatic N) is 1. The maximum atomic E-state index is 4.27. The number of thiophene rings is 1. The lowest BCUT2D eigenvalue weighted by Crippen LogP contribution is -2.17. The van der Waals surface area contributed by atoms with E-state index in [2.05, 4.69) is 39.4 Å². The highest BCUT2D eigenvalue weighted by molar-refractivity contribution is 7.08. The molecule has 0 saturated carbocycles. The third-order valence-electron chi connectivity index (χ3n) is 2.09. The lowest BCUT2D eigenvalue weighted by molar-refractivity contribution is 0.565. The summed E-state index contributed by atoms with van der Waals surface area (Å²) in [5.74, 6) is 0. The first kappa shape index (κ1) is 9.83. The summed E-state index contributed by atoms with van der Waals surface area (Å²) in [6.45, 7) is 3.06. The molecule has 0 aliphatic heterocycles. The number of thiazole rings is 1. The van der Waals surface area contributed by atoms with Crippen molar-refractivity contribution < 1.29 is 0 Å². The molecule has 0 bridgehead atoms. The summed E-state index contributed by atoms with van der Waals surface area (Å²) in [6.07, 6.45) is 0. The molecule has 14 heavy (non-hydrogen) atoms. The highest BCUT2D eigenvalue weighted by atomic mass is 32.1. The van der Waals surface area contributed by atoms with Gasteiger partial charge in [-0.1, -0.05) is 0 Å². The van der Waals surface area contributed by atoms with E-state index in [1.807, 2.05) is 5.51 Å². The third-order valence-corrected chi connectivity index (χ3v) is 3.42. The van der Waals surface area contributed by atoms with Crippen molar-refractivity contribution >= 4 is 22.7 Å². The van der Waals surface area contributed by atoms with E-state index in [4.69, 9.17) is 0 Å².